The van der Waals surface area contributed by atoms with E-state index in [1.807, 2.05) is 13.8 Å². The maximum atomic E-state index is 12.8. The van der Waals surface area contributed by atoms with Crippen LogP contribution in [0, 0.1) is 0 Å². The average molecular weight is 367 g/mol. The fourth-order valence-electron chi connectivity index (χ4n) is 2.83. The molecule has 27 heavy (non-hydrogen) atoms. The Morgan fingerprint density at radius 1 is 1.11 bits per heavy atom. The molecule has 0 aliphatic carbocycles. The van der Waals surface area contributed by atoms with Crippen molar-refractivity contribution in [3.05, 3.63) is 59.7 Å². The molecule has 0 saturated heterocycles. The molecule has 1 atom stereocenters. The van der Waals surface area contributed by atoms with Gasteiger partial charge in [0.1, 0.15) is 11.5 Å². The van der Waals surface area contributed by atoms with Crippen LogP contribution in [0.5, 0.6) is 11.5 Å². The first kappa shape index (κ1) is 18.6. The normalized spacial score (nSPS) is 16.6. The van der Waals surface area contributed by atoms with Crippen LogP contribution in [-0.2, 0) is 4.79 Å². The van der Waals surface area contributed by atoms with E-state index in [-0.39, 0.29) is 24.0 Å². The fraction of sp³-hybridized carbons (Fsp3) is 0.286. The summed E-state index contributed by atoms with van der Waals surface area (Å²) in [4.78, 5) is 39.0. The topological polar surface area (TPSA) is 72.9 Å². The first-order valence-corrected chi connectivity index (χ1v) is 8.78. The molecule has 3 rings (SSSR count). The molecule has 6 heteroatoms. The van der Waals surface area contributed by atoms with Crippen molar-refractivity contribution in [3.8, 4) is 11.5 Å². The number of carbonyl (C=O) groups is 3. The Hall–Kier alpha value is -3.15. The van der Waals surface area contributed by atoms with Crippen molar-refractivity contribution in [2.24, 2.45) is 0 Å². The quantitative estimate of drug-likeness (QED) is 0.600. The van der Waals surface area contributed by atoms with Gasteiger partial charge < -0.3 is 9.47 Å². The average Bonchev–Trinajstić information content (AvgIpc) is 2.73. The van der Waals surface area contributed by atoms with Crippen LogP contribution < -0.4 is 9.47 Å². The third-order valence-corrected chi connectivity index (χ3v) is 4.13. The van der Waals surface area contributed by atoms with Crippen molar-refractivity contribution in [2.75, 3.05) is 6.54 Å². The Labute approximate surface area is 157 Å². The number of fused-ring (bicyclic) bond motifs is 1. The van der Waals surface area contributed by atoms with Crippen LogP contribution in [0.1, 0.15) is 41.5 Å². The second kappa shape index (κ2) is 7.61. The van der Waals surface area contributed by atoms with Gasteiger partial charge in [-0.05, 0) is 57.2 Å². The van der Waals surface area contributed by atoms with E-state index < -0.39 is 17.9 Å². The molecular weight excluding hydrogens is 346 g/mol. The van der Waals surface area contributed by atoms with E-state index in [4.69, 9.17) is 9.47 Å². The second-order valence-electron chi connectivity index (χ2n) is 6.60. The summed E-state index contributed by atoms with van der Waals surface area (Å²) in [6.45, 7) is 5.05. The SMILES string of the molecule is CC(C)Oc1ccc(C(=O)CN2C(=O)c3ccccc3OC(C)C2=O)cc1. The largest absolute Gasteiger partial charge is 0.491 e. The van der Waals surface area contributed by atoms with Crippen LogP contribution >= 0.6 is 0 Å². The highest BCUT2D eigenvalue weighted by molar-refractivity contribution is 6.12. The summed E-state index contributed by atoms with van der Waals surface area (Å²) in [6.07, 6.45) is -0.826. The zero-order valence-corrected chi connectivity index (χ0v) is 15.5. The van der Waals surface area contributed by atoms with Crippen molar-refractivity contribution in [1.82, 2.24) is 4.90 Å². The molecule has 1 heterocycles. The maximum Gasteiger partial charge on any atom is 0.270 e. The van der Waals surface area contributed by atoms with Gasteiger partial charge in [0.05, 0.1) is 18.2 Å². The van der Waals surface area contributed by atoms with E-state index >= 15 is 0 Å². The molecule has 6 nitrogen and oxygen atoms in total. The molecule has 1 unspecified atom stereocenters. The minimum absolute atomic E-state index is 0.0282. The summed E-state index contributed by atoms with van der Waals surface area (Å²) in [7, 11) is 0. The molecule has 1 aliphatic heterocycles. The number of nitrogens with zero attached hydrogens (tertiary/aromatic N) is 1. The van der Waals surface area contributed by atoms with E-state index in [1.165, 1.54) is 0 Å². The van der Waals surface area contributed by atoms with Crippen molar-refractivity contribution >= 4 is 17.6 Å². The zero-order chi connectivity index (χ0) is 19.6. The van der Waals surface area contributed by atoms with Gasteiger partial charge in [0, 0.05) is 5.56 Å². The number of carbonyl (C=O) groups excluding carboxylic acids is 3. The third-order valence-electron chi connectivity index (χ3n) is 4.13. The third kappa shape index (κ3) is 4.00. The molecule has 2 aromatic carbocycles. The van der Waals surface area contributed by atoms with Crippen LogP contribution in [0.25, 0.3) is 0 Å². The summed E-state index contributed by atoms with van der Waals surface area (Å²) in [6, 6.07) is 13.3. The number of ether oxygens (including phenoxy) is 2. The van der Waals surface area contributed by atoms with Crippen molar-refractivity contribution in [3.63, 3.8) is 0 Å². The number of Topliss-reactive ketones (excluding diaryl/α,β-unsaturated/α-hetero) is 1. The van der Waals surface area contributed by atoms with Gasteiger partial charge in [0.15, 0.2) is 11.9 Å². The molecule has 0 aromatic heterocycles. The number of hydrogen-bond acceptors (Lipinski definition) is 5. The summed E-state index contributed by atoms with van der Waals surface area (Å²) >= 11 is 0. The lowest BCUT2D eigenvalue weighted by molar-refractivity contribution is -0.134. The molecule has 0 spiro atoms. The monoisotopic (exact) mass is 367 g/mol. The highest BCUT2D eigenvalue weighted by Crippen LogP contribution is 2.25. The highest BCUT2D eigenvalue weighted by Gasteiger charge is 2.35. The molecule has 2 aromatic rings. The van der Waals surface area contributed by atoms with E-state index in [0.717, 1.165) is 4.90 Å². The maximum absolute atomic E-state index is 12.8. The Kier molecular flexibility index (Phi) is 5.26. The molecule has 140 valence electrons. The lowest BCUT2D eigenvalue weighted by Gasteiger charge is -2.19. The van der Waals surface area contributed by atoms with Crippen molar-refractivity contribution in [1.29, 1.82) is 0 Å². The first-order chi connectivity index (χ1) is 12.9. The standard InChI is InChI=1S/C21H21NO5/c1-13(2)26-16-10-8-15(9-11-16)18(23)12-22-20(24)14(3)27-19-7-5-4-6-17(19)21(22)25/h4-11,13-14H,12H2,1-3H3. The Morgan fingerprint density at radius 3 is 2.44 bits per heavy atom. The highest BCUT2D eigenvalue weighted by atomic mass is 16.5. The fourth-order valence-corrected chi connectivity index (χ4v) is 2.83. The van der Waals surface area contributed by atoms with E-state index in [1.54, 1.807) is 55.5 Å². The Balaban J connectivity index is 1.81. The molecule has 0 bridgehead atoms. The molecule has 0 N–H and O–H groups in total. The summed E-state index contributed by atoms with van der Waals surface area (Å²) in [5, 5.41) is 0. The molecule has 0 fully saturated rings. The van der Waals surface area contributed by atoms with Crippen molar-refractivity contribution < 1.29 is 23.9 Å². The van der Waals surface area contributed by atoms with Gasteiger partial charge in [-0.1, -0.05) is 12.1 Å². The van der Waals surface area contributed by atoms with E-state index in [0.29, 0.717) is 17.1 Å². The zero-order valence-electron chi connectivity index (χ0n) is 15.5. The Bertz CT molecular complexity index is 872. The second-order valence-corrected chi connectivity index (χ2v) is 6.60. The van der Waals surface area contributed by atoms with Gasteiger partial charge in [-0.15, -0.1) is 0 Å². The number of imide groups is 1. The predicted molar refractivity (Wildman–Crippen MR) is 99.1 cm³/mol. The number of amides is 2. The molecule has 0 saturated carbocycles. The van der Waals surface area contributed by atoms with Crippen LogP contribution in [0.15, 0.2) is 48.5 Å². The lowest BCUT2D eigenvalue weighted by Crippen LogP contribution is -2.44. The van der Waals surface area contributed by atoms with Crippen LogP contribution in [0.4, 0.5) is 0 Å². The number of ketones is 1. The van der Waals surface area contributed by atoms with Crippen LogP contribution in [0.2, 0.25) is 0 Å². The van der Waals surface area contributed by atoms with Gasteiger partial charge in [-0.2, -0.15) is 0 Å². The smallest absolute Gasteiger partial charge is 0.270 e. The summed E-state index contributed by atoms with van der Waals surface area (Å²) in [5.41, 5.74) is 0.668. The molecular formula is C21H21NO5. The molecule has 1 aliphatic rings. The van der Waals surface area contributed by atoms with Crippen LogP contribution in [0.3, 0.4) is 0 Å². The lowest BCUT2D eigenvalue weighted by atomic mass is 10.1. The van der Waals surface area contributed by atoms with Gasteiger partial charge in [-0.25, -0.2) is 0 Å². The van der Waals surface area contributed by atoms with Gasteiger partial charge in [0.25, 0.3) is 11.8 Å². The summed E-state index contributed by atoms with van der Waals surface area (Å²) < 4.78 is 11.1. The number of hydrogen-bond donors (Lipinski definition) is 0. The summed E-state index contributed by atoms with van der Waals surface area (Å²) in [5.74, 6) is -0.412. The number of para-hydroxylation sites is 1. The van der Waals surface area contributed by atoms with Gasteiger partial charge in [-0.3, -0.25) is 19.3 Å². The van der Waals surface area contributed by atoms with Gasteiger partial charge in [0.2, 0.25) is 0 Å². The Morgan fingerprint density at radius 2 is 1.78 bits per heavy atom. The first-order valence-electron chi connectivity index (χ1n) is 8.78. The van der Waals surface area contributed by atoms with Crippen LogP contribution in [-0.4, -0.2) is 41.3 Å². The minimum Gasteiger partial charge on any atom is -0.491 e. The minimum atomic E-state index is -0.854. The van der Waals surface area contributed by atoms with Crippen molar-refractivity contribution in [2.45, 2.75) is 33.0 Å². The van der Waals surface area contributed by atoms with E-state index in [2.05, 4.69) is 0 Å². The molecule has 0 radical (unpaired) electrons. The van der Waals surface area contributed by atoms with Gasteiger partial charge >= 0.3 is 0 Å². The molecule has 2 amide bonds. The number of benzene rings is 2. The number of rotatable bonds is 5. The van der Waals surface area contributed by atoms with E-state index in [9.17, 15) is 14.4 Å². The predicted octanol–water partition coefficient (Wildman–Crippen LogP) is 3.11.